The fourth-order valence-corrected chi connectivity index (χ4v) is 8.41. The van der Waals surface area contributed by atoms with Gasteiger partial charge in [0.15, 0.2) is 0 Å². The minimum Gasteiger partial charge on any atom is -0.476 e. The summed E-state index contributed by atoms with van der Waals surface area (Å²) in [6.07, 6.45) is 1.89. The van der Waals surface area contributed by atoms with Crippen LogP contribution in [-0.4, -0.2) is 58.6 Å². The fourth-order valence-electron chi connectivity index (χ4n) is 3.58. The van der Waals surface area contributed by atoms with Crippen molar-refractivity contribution >= 4 is 47.1 Å². The van der Waals surface area contributed by atoms with Gasteiger partial charge in [0.1, 0.15) is 6.61 Å². The molecule has 0 atom stereocenters. The molecule has 0 saturated carbocycles. The van der Waals surface area contributed by atoms with Crippen LogP contribution in [0.4, 0.5) is 0 Å². The molecule has 0 aliphatic heterocycles. The second kappa shape index (κ2) is 13.4. The molecule has 7 heteroatoms. The molecule has 0 aliphatic rings. The van der Waals surface area contributed by atoms with Crippen LogP contribution < -0.4 is 10.4 Å². The van der Waals surface area contributed by atoms with E-state index in [0.717, 1.165) is 0 Å². The number of rotatable bonds is 12. The summed E-state index contributed by atoms with van der Waals surface area (Å²) < 4.78 is 23.9. The second-order valence-electron chi connectivity index (χ2n) is 8.04. The summed E-state index contributed by atoms with van der Waals surface area (Å²) in [5.74, 6) is 0. The molecule has 0 spiro atoms. The highest BCUT2D eigenvalue weighted by Crippen LogP contribution is 2.36. The van der Waals surface area contributed by atoms with Crippen molar-refractivity contribution < 1.29 is 18.6 Å². The lowest BCUT2D eigenvalue weighted by Gasteiger charge is -2.43. The molecule has 0 aromatic heterocycles. The van der Waals surface area contributed by atoms with Crippen LogP contribution in [0.25, 0.3) is 0 Å². The van der Waals surface area contributed by atoms with Crippen molar-refractivity contribution in [2.45, 2.75) is 25.8 Å². The molecule has 0 amide bonds. The third-order valence-corrected chi connectivity index (χ3v) is 11.1. The first-order chi connectivity index (χ1) is 14.9. The van der Waals surface area contributed by atoms with Gasteiger partial charge in [-0.05, 0) is 33.9 Å². The third kappa shape index (κ3) is 7.70. The van der Waals surface area contributed by atoms with E-state index in [1.165, 1.54) is 22.1 Å². The quantitative estimate of drug-likeness (QED) is 0.258. The molecule has 0 unspecified atom stereocenters. The Hall–Kier alpha value is -1.22. The molecule has 2 aromatic rings. The van der Waals surface area contributed by atoms with Crippen molar-refractivity contribution in [1.82, 2.24) is 0 Å². The van der Waals surface area contributed by atoms with Gasteiger partial charge in [0.2, 0.25) is 4.38 Å². The van der Waals surface area contributed by atoms with Gasteiger partial charge in [-0.3, -0.25) is 0 Å². The van der Waals surface area contributed by atoms with E-state index in [4.69, 9.17) is 30.9 Å². The molecule has 0 heterocycles. The Morgan fingerprint density at radius 2 is 1.23 bits per heavy atom. The van der Waals surface area contributed by atoms with Gasteiger partial charge >= 0.3 is 0 Å². The van der Waals surface area contributed by atoms with E-state index >= 15 is 0 Å². The number of ether oxygens (including phenoxy) is 3. The van der Waals surface area contributed by atoms with Gasteiger partial charge in [-0.25, -0.2) is 0 Å². The van der Waals surface area contributed by atoms with Crippen molar-refractivity contribution in [3.05, 3.63) is 60.7 Å². The summed E-state index contributed by atoms with van der Waals surface area (Å²) in [5, 5.41) is 2.52. The van der Waals surface area contributed by atoms with Crippen LogP contribution in [-0.2, 0) is 18.6 Å². The fraction of sp³-hybridized carbons (Fsp3) is 0.458. The predicted octanol–water partition coefficient (Wildman–Crippen LogP) is 4.26. The average Bonchev–Trinajstić information content (AvgIpc) is 2.77. The second-order valence-corrected chi connectivity index (χ2v) is 13.8. The Balaban J connectivity index is 1.91. The monoisotopic (exact) mass is 478 g/mol. The SMILES string of the molecule is CSC(=S)OCCOCCOCCO[Si](c1ccccc1)(c1ccccc1)C(C)(C)C. The summed E-state index contributed by atoms with van der Waals surface area (Å²) in [4.78, 5) is 0. The van der Waals surface area contributed by atoms with E-state index in [0.29, 0.717) is 44.0 Å². The summed E-state index contributed by atoms with van der Waals surface area (Å²) in [6, 6.07) is 21.3. The van der Waals surface area contributed by atoms with E-state index < -0.39 is 8.32 Å². The molecule has 0 bridgehead atoms. The largest absolute Gasteiger partial charge is 0.476 e. The first-order valence-corrected chi connectivity index (χ1v) is 14.1. The van der Waals surface area contributed by atoms with Gasteiger partial charge in [-0.2, -0.15) is 0 Å². The van der Waals surface area contributed by atoms with Gasteiger partial charge in [-0.15, -0.1) is 0 Å². The van der Waals surface area contributed by atoms with Crippen LogP contribution in [0.15, 0.2) is 60.7 Å². The van der Waals surface area contributed by atoms with Crippen LogP contribution in [0, 0.1) is 0 Å². The standard InChI is InChI=1S/C24H34O4S2Si/c1-24(2,3)31(21-11-7-5-8-12-21,22-13-9-6-10-14-22)28-20-18-26-16-15-25-17-19-27-23(29)30-4/h5-14H,15-20H2,1-4H3. The minimum atomic E-state index is -2.49. The molecule has 2 rings (SSSR count). The minimum absolute atomic E-state index is 0.0316. The van der Waals surface area contributed by atoms with Gasteiger partial charge in [-0.1, -0.05) is 93.2 Å². The Morgan fingerprint density at radius 3 is 1.68 bits per heavy atom. The first-order valence-electron chi connectivity index (χ1n) is 10.5. The van der Waals surface area contributed by atoms with E-state index in [1.54, 1.807) is 0 Å². The maximum absolute atomic E-state index is 6.79. The van der Waals surface area contributed by atoms with Gasteiger partial charge in [0.05, 0.1) is 33.0 Å². The van der Waals surface area contributed by atoms with Crippen molar-refractivity contribution in [1.29, 1.82) is 0 Å². The Kier molecular flexibility index (Phi) is 11.2. The smallest absolute Gasteiger partial charge is 0.261 e. The van der Waals surface area contributed by atoms with Gasteiger partial charge in [0.25, 0.3) is 8.32 Å². The van der Waals surface area contributed by atoms with Gasteiger partial charge < -0.3 is 18.6 Å². The molecule has 31 heavy (non-hydrogen) atoms. The molecule has 0 radical (unpaired) electrons. The van der Waals surface area contributed by atoms with Crippen LogP contribution in [0.3, 0.4) is 0 Å². The zero-order valence-corrected chi connectivity index (χ0v) is 21.6. The Bertz CT molecular complexity index is 727. The van der Waals surface area contributed by atoms with E-state index in [9.17, 15) is 0 Å². The van der Waals surface area contributed by atoms with Crippen LogP contribution in [0.2, 0.25) is 5.04 Å². The maximum Gasteiger partial charge on any atom is 0.261 e. The van der Waals surface area contributed by atoms with Crippen LogP contribution in [0.1, 0.15) is 20.8 Å². The van der Waals surface area contributed by atoms with Crippen molar-refractivity contribution in [2.75, 3.05) is 45.9 Å². The zero-order valence-electron chi connectivity index (χ0n) is 19.0. The van der Waals surface area contributed by atoms with E-state index in [1.807, 2.05) is 6.26 Å². The lowest BCUT2D eigenvalue weighted by molar-refractivity contribution is 0.0260. The summed E-state index contributed by atoms with van der Waals surface area (Å²) in [6.45, 7) is 9.92. The average molecular weight is 479 g/mol. The normalized spacial score (nSPS) is 12.0. The summed E-state index contributed by atoms with van der Waals surface area (Å²) >= 11 is 6.40. The maximum atomic E-state index is 6.79. The van der Waals surface area contributed by atoms with E-state index in [-0.39, 0.29) is 5.04 Å². The molecule has 0 fully saturated rings. The molecule has 2 aromatic carbocycles. The number of hydrogen-bond donors (Lipinski definition) is 0. The topological polar surface area (TPSA) is 36.9 Å². The van der Waals surface area contributed by atoms with Gasteiger partial charge in [0, 0.05) is 0 Å². The number of hydrogen-bond acceptors (Lipinski definition) is 6. The lowest BCUT2D eigenvalue weighted by atomic mass is 10.2. The molecular formula is C24H34O4S2Si. The molecule has 170 valence electrons. The molecular weight excluding hydrogens is 444 g/mol. The number of thioether (sulfide) groups is 1. The zero-order chi connectivity index (χ0) is 22.6. The lowest BCUT2D eigenvalue weighted by Crippen LogP contribution is -2.66. The third-order valence-electron chi connectivity index (χ3n) is 4.95. The highest BCUT2D eigenvalue weighted by molar-refractivity contribution is 8.22. The van der Waals surface area contributed by atoms with Crippen molar-refractivity contribution in [3.63, 3.8) is 0 Å². The van der Waals surface area contributed by atoms with Crippen LogP contribution in [0.5, 0.6) is 0 Å². The Morgan fingerprint density at radius 1 is 0.774 bits per heavy atom. The Labute approximate surface area is 197 Å². The number of benzene rings is 2. The highest BCUT2D eigenvalue weighted by atomic mass is 32.2. The summed E-state index contributed by atoms with van der Waals surface area (Å²) in [7, 11) is -2.49. The van der Waals surface area contributed by atoms with Crippen molar-refractivity contribution in [2.24, 2.45) is 0 Å². The van der Waals surface area contributed by atoms with E-state index in [2.05, 4.69) is 81.4 Å². The highest BCUT2D eigenvalue weighted by Gasteiger charge is 2.49. The summed E-state index contributed by atoms with van der Waals surface area (Å²) in [5.41, 5.74) is 0. The first kappa shape index (κ1) is 26.0. The molecule has 0 saturated heterocycles. The molecule has 0 N–H and O–H groups in total. The molecule has 0 aliphatic carbocycles. The predicted molar refractivity (Wildman–Crippen MR) is 137 cm³/mol. The van der Waals surface area contributed by atoms with Crippen LogP contribution >= 0.6 is 24.0 Å². The number of thiocarbonyl (C=S) groups is 1. The van der Waals surface area contributed by atoms with Crippen molar-refractivity contribution in [3.8, 4) is 0 Å². The molecule has 4 nitrogen and oxygen atoms in total.